The average Bonchev–Trinajstić information content (AvgIpc) is 3.90. The van der Waals surface area contributed by atoms with Crippen molar-refractivity contribution in [3.05, 3.63) is 143 Å². The van der Waals surface area contributed by atoms with Crippen LogP contribution in [0.3, 0.4) is 0 Å². The van der Waals surface area contributed by atoms with E-state index in [0.29, 0.717) is 52.4 Å². The molecule has 0 radical (unpaired) electrons. The van der Waals surface area contributed by atoms with Crippen molar-refractivity contribution in [3.63, 3.8) is 0 Å². The first-order chi connectivity index (χ1) is 35.8. The van der Waals surface area contributed by atoms with E-state index in [1.165, 1.54) is 64.2 Å². The Bertz CT molecular complexity index is 2780. The summed E-state index contributed by atoms with van der Waals surface area (Å²) in [5.41, 5.74) is 7.50. The number of para-hydroxylation sites is 4. The number of nitrogens with one attached hydrogen (secondary N) is 2. The van der Waals surface area contributed by atoms with E-state index in [9.17, 15) is 9.59 Å². The predicted octanol–water partition coefficient (Wildman–Crippen LogP) is 11.2. The fraction of sp³-hybridized carbons (Fsp3) is 0.400. The van der Waals surface area contributed by atoms with Crippen LogP contribution in [0.1, 0.15) is 82.3 Å². The van der Waals surface area contributed by atoms with E-state index in [1.807, 2.05) is 30.6 Å². The lowest BCUT2D eigenvalue weighted by atomic mass is 10.1. The number of benzene rings is 4. The number of ketones is 1. The van der Waals surface area contributed by atoms with Crippen LogP contribution in [-0.4, -0.2) is 85.6 Å². The molecule has 2 N–H and O–H groups in total. The van der Waals surface area contributed by atoms with Gasteiger partial charge < -0.3 is 39.4 Å². The number of ether oxygens (including phenoxy) is 3. The molecule has 2 aromatic heterocycles. The summed E-state index contributed by atoms with van der Waals surface area (Å²) in [6.07, 6.45) is 18.2. The molecule has 2 aliphatic rings. The minimum absolute atomic E-state index is 0.121. The average molecular weight is 1030 g/mol. The molecule has 0 saturated heterocycles. The number of aromatic nitrogens is 2. The second-order valence-corrected chi connectivity index (χ2v) is 20.6. The number of rotatable bonds is 28. The maximum atomic E-state index is 12.2. The summed E-state index contributed by atoms with van der Waals surface area (Å²) in [5, 5.41) is 11.1. The van der Waals surface area contributed by atoms with E-state index in [2.05, 4.69) is 177 Å². The monoisotopic (exact) mass is 1020 g/mol. The van der Waals surface area contributed by atoms with Crippen LogP contribution in [0.25, 0.3) is 34.0 Å². The van der Waals surface area contributed by atoms with Gasteiger partial charge in [0.25, 0.3) is 0 Å². The van der Waals surface area contributed by atoms with Crippen molar-refractivity contribution in [3.8, 4) is 0 Å². The van der Waals surface area contributed by atoms with E-state index in [-0.39, 0.29) is 11.7 Å². The minimum atomic E-state index is 0.121. The Morgan fingerprint density at radius 3 is 1.48 bits per heavy atom. The summed E-state index contributed by atoms with van der Waals surface area (Å²) in [4.78, 5) is 30.5. The van der Waals surface area contributed by atoms with Gasteiger partial charge >= 0.3 is 0 Å². The molecule has 0 aliphatic carbocycles. The maximum Gasteiger partial charge on any atom is 0.219 e. The van der Waals surface area contributed by atoms with Gasteiger partial charge in [0.05, 0.1) is 58.6 Å². The summed E-state index contributed by atoms with van der Waals surface area (Å²) in [6.45, 7) is 8.91. The van der Waals surface area contributed by atoms with E-state index in [4.69, 9.17) is 14.2 Å². The molecule has 386 valence electrons. The zero-order chi connectivity index (χ0) is 51.0. The fourth-order valence-electron chi connectivity index (χ4n) is 8.98. The molecule has 2 aliphatic heterocycles. The Balaban J connectivity index is 0.000000232. The lowest BCUT2D eigenvalue weighted by molar-refractivity contribution is -0.672. The lowest BCUT2D eigenvalue weighted by Gasteiger charge is -2.13. The van der Waals surface area contributed by atoms with Crippen LogP contribution in [0, 0.1) is 0 Å². The van der Waals surface area contributed by atoms with Crippen LogP contribution in [0.5, 0.6) is 0 Å². The van der Waals surface area contributed by atoms with Crippen molar-refractivity contribution in [2.75, 3.05) is 83.7 Å². The van der Waals surface area contributed by atoms with Crippen LogP contribution in [-0.2, 0) is 36.9 Å². The molecule has 1 amide bonds. The highest BCUT2D eigenvalue weighted by atomic mass is 32.2. The van der Waals surface area contributed by atoms with Gasteiger partial charge in [-0.1, -0.05) is 72.1 Å². The first-order valence-corrected chi connectivity index (χ1v) is 27.8. The minimum Gasteiger partial charge on any atom is -0.379 e. The van der Waals surface area contributed by atoms with E-state index in [1.54, 1.807) is 6.92 Å². The highest BCUT2D eigenvalue weighted by molar-refractivity contribution is 8.04. The molecule has 0 bridgehead atoms. The molecule has 73 heavy (non-hydrogen) atoms. The van der Waals surface area contributed by atoms with Crippen molar-refractivity contribution < 1.29 is 32.9 Å². The first kappa shape index (κ1) is 55.2. The third kappa shape index (κ3) is 16.7. The smallest absolute Gasteiger partial charge is 0.219 e. The molecule has 4 aromatic carbocycles. The van der Waals surface area contributed by atoms with Gasteiger partial charge in [-0.25, -0.2) is 0 Å². The van der Waals surface area contributed by atoms with Gasteiger partial charge in [-0.15, -0.1) is 0 Å². The first-order valence-electron chi connectivity index (χ1n) is 26.2. The number of nitrogens with zero attached hydrogens (tertiary/aromatic N) is 4. The predicted molar refractivity (Wildman–Crippen MR) is 302 cm³/mol. The van der Waals surface area contributed by atoms with Gasteiger partial charge in [-0.3, -0.25) is 4.79 Å². The number of thioether (sulfide) groups is 2. The van der Waals surface area contributed by atoms with Crippen molar-refractivity contribution in [1.29, 1.82) is 0 Å². The molecule has 4 heterocycles. The molecule has 0 spiro atoms. The number of aryl methyl sites for hydroxylation is 2. The summed E-state index contributed by atoms with van der Waals surface area (Å²) in [6, 6.07) is 38.8. The second kappa shape index (κ2) is 30.0. The number of hydrogen-bond acceptors (Lipinski definition) is 10. The fourth-order valence-corrected chi connectivity index (χ4v) is 11.2. The molecule has 0 unspecified atom stereocenters. The summed E-state index contributed by atoms with van der Waals surface area (Å²) >= 11 is 3.65. The quantitative estimate of drug-likeness (QED) is 0.0365. The van der Waals surface area contributed by atoms with Crippen molar-refractivity contribution >= 4 is 80.5 Å². The van der Waals surface area contributed by atoms with Gasteiger partial charge in [0.15, 0.2) is 12.4 Å². The molecule has 0 atom stereocenters. The third-order valence-corrected chi connectivity index (χ3v) is 15.3. The molecule has 11 nitrogen and oxygen atoms in total. The number of amides is 1. The number of fused-ring (bicyclic) bond motifs is 4. The van der Waals surface area contributed by atoms with E-state index < -0.39 is 0 Å². The number of carbonyl (C=O) groups is 2. The van der Waals surface area contributed by atoms with E-state index in [0.717, 1.165) is 77.6 Å². The second-order valence-electron chi connectivity index (χ2n) is 18.5. The Labute approximate surface area is 442 Å². The Hall–Kier alpha value is -5.54. The lowest BCUT2D eigenvalue weighted by Crippen LogP contribution is -2.34. The van der Waals surface area contributed by atoms with Crippen LogP contribution in [0.15, 0.2) is 141 Å². The number of unbranched alkanes of at least 4 members (excludes halogenated alkanes) is 4. The molecule has 13 heteroatoms. The molecule has 0 saturated carbocycles. The number of anilines is 2. The van der Waals surface area contributed by atoms with Crippen molar-refractivity contribution in [1.82, 2.24) is 10.6 Å². The normalized spacial score (nSPS) is 14.0. The van der Waals surface area contributed by atoms with Gasteiger partial charge in [0, 0.05) is 93.6 Å². The summed E-state index contributed by atoms with van der Waals surface area (Å²) in [5.74, 6) is 0.410. The zero-order valence-electron chi connectivity index (χ0n) is 43.5. The SMILES string of the molecule is CC(=O)CCCCC[n+]1ccc(C=C2Sc3ccccc3N2C)c2ccccc21.CNCCCOCCOCCOCCCNC(=O)CCCCC[n+]1ccc(C=C2Sc3ccccc3N2C)c2ccccc21. The largest absolute Gasteiger partial charge is 0.379 e. The van der Waals surface area contributed by atoms with Gasteiger partial charge in [-0.05, 0) is 119 Å². The Morgan fingerprint density at radius 1 is 0.534 bits per heavy atom. The zero-order valence-corrected chi connectivity index (χ0v) is 45.1. The van der Waals surface area contributed by atoms with Crippen molar-refractivity contribution in [2.45, 2.75) is 94.0 Å². The van der Waals surface area contributed by atoms with Gasteiger partial charge in [0.1, 0.15) is 18.9 Å². The number of Topliss-reactive ketones (excluding diaryl/α,β-unsaturated/α-hetero) is 1. The number of pyridine rings is 2. The highest BCUT2D eigenvalue weighted by Gasteiger charge is 2.24. The molecular weight excluding hydrogens is 949 g/mol. The topological polar surface area (TPSA) is 100 Å². The van der Waals surface area contributed by atoms with Crippen LogP contribution in [0.2, 0.25) is 0 Å². The van der Waals surface area contributed by atoms with Gasteiger partial charge in [-0.2, -0.15) is 9.13 Å². The van der Waals surface area contributed by atoms with Crippen LogP contribution >= 0.6 is 23.5 Å². The molecular formula is C60H76N6O5S2+2. The Kier molecular flexibility index (Phi) is 22.7. The van der Waals surface area contributed by atoms with E-state index >= 15 is 0 Å². The highest BCUT2D eigenvalue weighted by Crippen LogP contribution is 2.46. The Morgan fingerprint density at radius 2 is 0.986 bits per heavy atom. The molecule has 0 fully saturated rings. The third-order valence-electron chi connectivity index (χ3n) is 13.0. The van der Waals surface area contributed by atoms with Crippen molar-refractivity contribution in [2.24, 2.45) is 0 Å². The summed E-state index contributed by atoms with van der Waals surface area (Å²) in [7, 11) is 6.21. The number of hydrogen-bond donors (Lipinski definition) is 2. The molecule has 8 rings (SSSR count). The standard InChI is InChI=1S/C35H48N4O4S.C25H27N2OS/c1-36-18-10-22-41-24-26-43-27-25-42-23-11-19-37-34(40)16-4-3-9-20-39-21-17-29(30-12-5-6-13-31(30)39)28-35-38(2)32-14-7-8-15-33(32)44-35;1-19(28)10-4-3-9-16-27-17-15-20(21-11-5-6-12-22(21)27)18-25-26(2)23-13-7-8-14-24(23)29-25/h5-8,12-15,17,21,28,36H,3-4,9-11,16,18-20,22-27H2,1-2H3;5-8,11-15,17-18H,3-4,9-10,16H2,1-2H3/q;+1/p+1. The van der Waals surface area contributed by atoms with Crippen LogP contribution in [0.4, 0.5) is 11.4 Å². The number of carbonyl (C=O) groups excluding carboxylic acids is 2. The summed E-state index contributed by atoms with van der Waals surface area (Å²) < 4.78 is 21.2. The van der Waals surface area contributed by atoms with Gasteiger partial charge in [0.2, 0.25) is 16.9 Å². The molecule has 6 aromatic rings. The van der Waals surface area contributed by atoms with Crippen LogP contribution < -0.4 is 29.6 Å². The maximum absolute atomic E-state index is 12.2.